The van der Waals surface area contributed by atoms with Crippen molar-refractivity contribution in [2.24, 2.45) is 11.5 Å². The molecule has 0 radical (unpaired) electrons. The number of aryl methyl sites for hydroxylation is 2. The Morgan fingerprint density at radius 1 is 0.897 bits per heavy atom. The van der Waals surface area contributed by atoms with Crippen LogP contribution >= 0.6 is 22.7 Å². The fraction of sp³-hybridized carbons (Fsp3) is 0.148. The third-order valence-electron chi connectivity index (χ3n) is 5.92. The Hall–Kier alpha value is -4.39. The number of carbonyl (C=O) groups excluding carboxylic acids is 3. The van der Waals surface area contributed by atoms with Crippen LogP contribution in [-0.4, -0.2) is 33.2 Å². The van der Waals surface area contributed by atoms with Crippen molar-refractivity contribution in [1.82, 2.24) is 9.97 Å². The largest absolute Gasteiger partial charge is 0.397 e. The van der Waals surface area contributed by atoms with Crippen molar-refractivity contribution in [1.29, 1.82) is 0 Å². The second-order valence-electron chi connectivity index (χ2n) is 8.81. The zero-order chi connectivity index (χ0) is 28.4. The third-order valence-corrected chi connectivity index (χ3v) is 8.15. The molecule has 1 unspecified atom stereocenters. The molecule has 1 atom stereocenters. The molecule has 9 N–H and O–H groups in total. The Morgan fingerprint density at radius 2 is 1.41 bits per heavy atom. The van der Waals surface area contributed by atoms with Gasteiger partial charge in [-0.1, -0.05) is 30.3 Å². The fourth-order valence-electron chi connectivity index (χ4n) is 4.23. The number of primary amides is 2. The maximum absolute atomic E-state index is 11.5. The van der Waals surface area contributed by atoms with Gasteiger partial charge in [-0.25, -0.2) is 9.97 Å². The number of aldehydes is 1. The van der Waals surface area contributed by atoms with Gasteiger partial charge in [0.15, 0.2) is 6.29 Å². The Bertz CT molecular complexity index is 1730. The molecule has 2 amide bonds. The lowest BCUT2D eigenvalue weighted by Gasteiger charge is -2.14. The van der Waals surface area contributed by atoms with E-state index in [1.54, 1.807) is 13.0 Å². The molecule has 39 heavy (non-hydrogen) atoms. The van der Waals surface area contributed by atoms with Crippen LogP contribution in [0.3, 0.4) is 0 Å². The highest BCUT2D eigenvalue weighted by atomic mass is 32.1. The number of hydrogen-bond donors (Lipinski definition) is 5. The van der Waals surface area contributed by atoms with E-state index in [1.807, 2.05) is 43.3 Å². The summed E-state index contributed by atoms with van der Waals surface area (Å²) in [6, 6.07) is 13.1. The number of rotatable bonds is 6. The summed E-state index contributed by atoms with van der Waals surface area (Å²) in [7, 11) is 0. The Kier molecular flexibility index (Phi) is 7.90. The van der Waals surface area contributed by atoms with E-state index in [0.717, 1.165) is 33.9 Å². The molecular formula is C27H26N6O4S2. The Balaban J connectivity index is 0.000000193. The molecule has 0 bridgehead atoms. The number of nitrogens with zero attached hydrogens (tertiary/aromatic N) is 2. The zero-order valence-corrected chi connectivity index (χ0v) is 22.7. The number of amides is 2. The SMILES string of the molecule is Cc1cc(C(O)Cc2ccccc2)c2c(N)c(C(N)=O)sc2n1.Cc1cc(C=O)c2c(N)c(C(N)=O)sc2n1. The summed E-state index contributed by atoms with van der Waals surface area (Å²) >= 11 is 2.27. The lowest BCUT2D eigenvalue weighted by atomic mass is 9.98. The smallest absolute Gasteiger partial charge is 0.260 e. The van der Waals surface area contributed by atoms with E-state index in [9.17, 15) is 19.5 Å². The fourth-order valence-corrected chi connectivity index (χ4v) is 6.28. The standard InChI is InChI=1S/C17H17N3O2S.C10H9N3O2S/c1-9-7-11(12(21)8-10-5-3-2-4-6-10)13-14(18)15(16(19)22)23-17(13)20-9;1-4-2-5(3-14)6-7(11)8(9(12)15)16-10(6)13-4/h2-7,12,21H,8,18H2,1H3,(H2,19,22);2-3H,11H2,1H3,(H2,12,15). The van der Waals surface area contributed by atoms with Gasteiger partial charge >= 0.3 is 0 Å². The number of thiophene rings is 2. The maximum Gasteiger partial charge on any atom is 0.260 e. The van der Waals surface area contributed by atoms with Gasteiger partial charge in [-0.2, -0.15) is 0 Å². The van der Waals surface area contributed by atoms with Crippen molar-refractivity contribution in [3.05, 3.63) is 80.3 Å². The minimum Gasteiger partial charge on any atom is -0.397 e. The van der Waals surface area contributed by atoms with Crippen molar-refractivity contribution < 1.29 is 19.5 Å². The quantitative estimate of drug-likeness (QED) is 0.193. The van der Waals surface area contributed by atoms with E-state index in [4.69, 9.17) is 22.9 Å². The summed E-state index contributed by atoms with van der Waals surface area (Å²) < 4.78 is 0. The van der Waals surface area contributed by atoms with Gasteiger partial charge in [-0.3, -0.25) is 14.4 Å². The molecule has 1 aromatic carbocycles. The van der Waals surface area contributed by atoms with Crippen LogP contribution in [0.15, 0.2) is 42.5 Å². The van der Waals surface area contributed by atoms with Gasteiger partial charge in [0.25, 0.3) is 11.8 Å². The summed E-state index contributed by atoms with van der Waals surface area (Å²) in [5.74, 6) is -1.18. The highest BCUT2D eigenvalue weighted by Gasteiger charge is 2.22. The molecule has 0 aliphatic heterocycles. The van der Waals surface area contributed by atoms with Gasteiger partial charge in [0, 0.05) is 34.1 Å². The van der Waals surface area contributed by atoms with Crippen molar-refractivity contribution >= 4 is 72.6 Å². The summed E-state index contributed by atoms with van der Waals surface area (Å²) in [6.45, 7) is 3.62. The van der Waals surface area contributed by atoms with E-state index < -0.39 is 17.9 Å². The van der Waals surface area contributed by atoms with Crippen molar-refractivity contribution in [3.8, 4) is 0 Å². The summed E-state index contributed by atoms with van der Waals surface area (Å²) in [6.07, 6.45) is 0.421. The van der Waals surface area contributed by atoms with Gasteiger partial charge < -0.3 is 28.0 Å². The number of aliphatic hydroxyl groups excluding tert-OH is 1. The molecule has 200 valence electrons. The lowest BCUT2D eigenvalue weighted by molar-refractivity contribution is 0.0996. The monoisotopic (exact) mass is 562 g/mol. The van der Waals surface area contributed by atoms with Gasteiger partial charge in [-0.15, -0.1) is 22.7 Å². The molecule has 0 aliphatic carbocycles. The molecule has 0 spiro atoms. The van der Waals surface area contributed by atoms with Crippen LogP contribution in [-0.2, 0) is 6.42 Å². The molecule has 0 saturated heterocycles. The predicted octanol–water partition coefficient (Wildman–Crippen LogP) is 3.66. The van der Waals surface area contributed by atoms with Gasteiger partial charge in [0.05, 0.1) is 17.5 Å². The van der Waals surface area contributed by atoms with Crippen molar-refractivity contribution in [2.45, 2.75) is 26.4 Å². The normalized spacial score (nSPS) is 11.7. The molecule has 12 heteroatoms. The average molecular weight is 563 g/mol. The zero-order valence-electron chi connectivity index (χ0n) is 21.1. The van der Waals surface area contributed by atoms with Crippen LogP contribution in [0, 0.1) is 13.8 Å². The van der Waals surface area contributed by atoms with E-state index in [-0.39, 0.29) is 15.4 Å². The number of anilines is 2. The summed E-state index contributed by atoms with van der Waals surface area (Å²) in [5, 5.41) is 11.8. The number of nitrogen functional groups attached to an aromatic ring is 2. The number of aromatic nitrogens is 2. The molecule has 10 nitrogen and oxygen atoms in total. The average Bonchev–Trinajstić information content (AvgIpc) is 3.40. The number of hydrogen-bond acceptors (Lipinski definition) is 10. The number of carbonyl (C=O) groups is 3. The first-order chi connectivity index (χ1) is 18.5. The van der Waals surface area contributed by atoms with Crippen LogP contribution in [0.25, 0.3) is 20.4 Å². The van der Waals surface area contributed by atoms with E-state index in [2.05, 4.69) is 9.97 Å². The summed E-state index contributed by atoms with van der Waals surface area (Å²) in [4.78, 5) is 43.9. The first kappa shape index (κ1) is 27.6. The van der Waals surface area contributed by atoms with Crippen LogP contribution in [0.4, 0.5) is 11.4 Å². The molecule has 5 rings (SSSR count). The van der Waals surface area contributed by atoms with Crippen LogP contribution < -0.4 is 22.9 Å². The van der Waals surface area contributed by atoms with Gasteiger partial charge in [-0.05, 0) is 37.1 Å². The van der Waals surface area contributed by atoms with E-state index in [1.165, 1.54) is 0 Å². The van der Waals surface area contributed by atoms with Crippen molar-refractivity contribution in [2.75, 3.05) is 11.5 Å². The number of benzene rings is 1. The number of pyridine rings is 2. The lowest BCUT2D eigenvalue weighted by Crippen LogP contribution is -2.11. The van der Waals surface area contributed by atoms with Crippen LogP contribution in [0.2, 0.25) is 0 Å². The molecule has 0 saturated carbocycles. The topological polar surface area (TPSA) is 201 Å². The van der Waals surface area contributed by atoms with E-state index in [0.29, 0.717) is 55.6 Å². The highest BCUT2D eigenvalue weighted by molar-refractivity contribution is 7.21. The third kappa shape index (κ3) is 5.58. The molecule has 0 fully saturated rings. The maximum atomic E-state index is 11.5. The van der Waals surface area contributed by atoms with Crippen molar-refractivity contribution in [3.63, 3.8) is 0 Å². The predicted molar refractivity (Wildman–Crippen MR) is 155 cm³/mol. The molecule has 0 aliphatic rings. The highest BCUT2D eigenvalue weighted by Crippen LogP contribution is 2.38. The number of aliphatic hydroxyl groups is 1. The number of fused-ring (bicyclic) bond motifs is 2. The number of nitrogens with two attached hydrogens (primary N) is 4. The Labute approximate surface area is 231 Å². The first-order valence-corrected chi connectivity index (χ1v) is 13.3. The minimum absolute atomic E-state index is 0.238. The van der Waals surface area contributed by atoms with Gasteiger partial charge in [0.2, 0.25) is 0 Å². The molecule has 4 heterocycles. The van der Waals surface area contributed by atoms with Crippen LogP contribution in [0.5, 0.6) is 0 Å². The molecular weight excluding hydrogens is 536 g/mol. The first-order valence-electron chi connectivity index (χ1n) is 11.7. The minimum atomic E-state index is -0.737. The molecule has 5 aromatic rings. The molecule has 4 aromatic heterocycles. The van der Waals surface area contributed by atoms with Gasteiger partial charge in [0.1, 0.15) is 19.4 Å². The van der Waals surface area contributed by atoms with E-state index >= 15 is 0 Å². The van der Waals surface area contributed by atoms with Crippen LogP contribution in [0.1, 0.15) is 58.3 Å². The second-order valence-corrected chi connectivity index (χ2v) is 10.8. The Morgan fingerprint density at radius 3 is 1.95 bits per heavy atom. The summed E-state index contributed by atoms with van der Waals surface area (Å²) in [5.41, 5.74) is 26.5. The second kappa shape index (κ2) is 11.2.